The maximum Gasteiger partial charge on any atom is 0.147 e. The zero-order valence-corrected chi connectivity index (χ0v) is 26.0. The number of fused-ring (bicyclic) bond motifs is 7. The fraction of sp³-hybridized carbons (Fsp3) is 0. The van der Waals surface area contributed by atoms with Crippen molar-refractivity contribution < 1.29 is 8.83 Å². The van der Waals surface area contributed by atoms with Gasteiger partial charge >= 0.3 is 0 Å². The van der Waals surface area contributed by atoms with Crippen LogP contribution in [-0.2, 0) is 0 Å². The first-order chi connectivity index (χ1) is 23.8. The lowest BCUT2D eigenvalue weighted by molar-refractivity contribution is 0.633. The lowest BCUT2D eigenvalue weighted by Gasteiger charge is -2.20. The Kier molecular flexibility index (Phi) is 5.91. The van der Waals surface area contributed by atoms with Crippen LogP contribution in [-0.4, -0.2) is 0 Å². The summed E-state index contributed by atoms with van der Waals surface area (Å²) < 4.78 is 13.4. The Balaban J connectivity index is 1.36. The number of hydrogen-bond acceptors (Lipinski definition) is 2. The molecule has 2 heteroatoms. The fourth-order valence-electron chi connectivity index (χ4n) is 7.62. The van der Waals surface area contributed by atoms with Gasteiger partial charge in [-0.25, -0.2) is 0 Å². The highest BCUT2D eigenvalue weighted by Gasteiger charge is 2.24. The molecular formula is C46H28O2. The highest BCUT2D eigenvalue weighted by molar-refractivity contribution is 6.27. The lowest BCUT2D eigenvalue weighted by atomic mass is 9.83. The van der Waals surface area contributed by atoms with E-state index in [2.05, 4.69) is 152 Å². The number of rotatable bonds is 4. The largest absolute Gasteiger partial charge is 0.456 e. The molecule has 0 aliphatic rings. The van der Waals surface area contributed by atoms with Crippen LogP contribution >= 0.6 is 0 Å². The molecule has 0 spiro atoms. The summed E-state index contributed by atoms with van der Waals surface area (Å²) in [6, 6.07) is 60.1. The summed E-state index contributed by atoms with van der Waals surface area (Å²) in [4.78, 5) is 0. The van der Waals surface area contributed by atoms with Gasteiger partial charge in [-0.1, -0.05) is 152 Å². The molecule has 0 N–H and O–H groups in total. The number of furan rings is 2. The molecule has 0 fully saturated rings. The predicted octanol–water partition coefficient (Wildman–Crippen LogP) is 13.3. The Morgan fingerprint density at radius 3 is 1.46 bits per heavy atom. The molecule has 0 unspecified atom stereocenters. The predicted molar refractivity (Wildman–Crippen MR) is 200 cm³/mol. The SMILES string of the molecule is c1ccc(-c2cc3c(-c4c5ccccc5c(-c5ccccc5-c5ccccc5)c5ccccc45)cc4oc5ccccc5c4c3o2)cc1. The minimum atomic E-state index is 0.819. The molecular weight excluding hydrogens is 585 g/mol. The van der Waals surface area contributed by atoms with Gasteiger partial charge in [0.05, 0.1) is 5.39 Å². The van der Waals surface area contributed by atoms with E-state index < -0.39 is 0 Å². The molecule has 2 nitrogen and oxygen atoms in total. The molecule has 2 aromatic heterocycles. The zero-order valence-electron chi connectivity index (χ0n) is 26.0. The molecule has 0 atom stereocenters. The van der Waals surface area contributed by atoms with Crippen molar-refractivity contribution in [3.63, 3.8) is 0 Å². The van der Waals surface area contributed by atoms with Crippen molar-refractivity contribution in [3.8, 4) is 44.7 Å². The topological polar surface area (TPSA) is 26.3 Å². The van der Waals surface area contributed by atoms with Crippen molar-refractivity contribution in [2.45, 2.75) is 0 Å². The first-order valence-corrected chi connectivity index (χ1v) is 16.4. The van der Waals surface area contributed by atoms with Crippen LogP contribution in [0.5, 0.6) is 0 Å². The molecule has 0 radical (unpaired) electrons. The van der Waals surface area contributed by atoms with Crippen molar-refractivity contribution in [2.24, 2.45) is 0 Å². The highest BCUT2D eigenvalue weighted by atomic mass is 16.3. The Hall–Kier alpha value is -6.38. The van der Waals surface area contributed by atoms with E-state index in [1.165, 1.54) is 49.4 Å². The summed E-state index contributed by atoms with van der Waals surface area (Å²) in [6.45, 7) is 0. The van der Waals surface area contributed by atoms with Gasteiger partial charge in [0.2, 0.25) is 0 Å². The average Bonchev–Trinajstić information content (AvgIpc) is 3.76. The van der Waals surface area contributed by atoms with Gasteiger partial charge in [0, 0.05) is 16.3 Å². The van der Waals surface area contributed by atoms with Crippen molar-refractivity contribution >= 4 is 54.5 Å². The maximum absolute atomic E-state index is 6.82. The molecule has 8 aromatic carbocycles. The first-order valence-electron chi connectivity index (χ1n) is 16.4. The smallest absolute Gasteiger partial charge is 0.147 e. The van der Waals surface area contributed by atoms with Crippen LogP contribution in [0.25, 0.3) is 99.2 Å². The van der Waals surface area contributed by atoms with Gasteiger partial charge in [-0.2, -0.15) is 0 Å². The van der Waals surface area contributed by atoms with Crippen molar-refractivity contribution in [1.82, 2.24) is 0 Å². The molecule has 2 heterocycles. The second kappa shape index (κ2) is 10.6. The van der Waals surface area contributed by atoms with E-state index in [1.54, 1.807) is 0 Å². The average molecular weight is 613 g/mol. The Labute approximate surface area is 277 Å². The van der Waals surface area contributed by atoms with Gasteiger partial charge in [0.25, 0.3) is 0 Å². The number of benzene rings is 8. The quantitative estimate of drug-likeness (QED) is 0.185. The normalized spacial score (nSPS) is 11.8. The van der Waals surface area contributed by atoms with Crippen LogP contribution in [0.2, 0.25) is 0 Å². The lowest BCUT2D eigenvalue weighted by Crippen LogP contribution is -1.93. The van der Waals surface area contributed by atoms with E-state index in [1.807, 2.05) is 18.2 Å². The summed E-state index contributed by atoms with van der Waals surface area (Å²) in [7, 11) is 0. The molecule has 0 amide bonds. The monoisotopic (exact) mass is 612 g/mol. The fourth-order valence-corrected chi connectivity index (χ4v) is 7.62. The van der Waals surface area contributed by atoms with Crippen LogP contribution in [0.4, 0.5) is 0 Å². The van der Waals surface area contributed by atoms with Crippen molar-refractivity contribution in [1.29, 1.82) is 0 Å². The third-order valence-electron chi connectivity index (χ3n) is 9.69. The molecule has 0 saturated carbocycles. The maximum atomic E-state index is 6.82. The standard InChI is InChI=1S/C46H28O2/c1-3-15-29(16-4-1)31-19-7-8-20-32(31)43-33-21-9-11-23-35(33)44(36-24-12-10-22-34(36)43)38-27-42-45(37-25-13-14-26-40(37)47-42)46-39(38)28-41(48-46)30-17-5-2-6-18-30/h1-28H. The van der Waals surface area contributed by atoms with E-state index in [-0.39, 0.29) is 0 Å². The Bertz CT molecular complexity index is 2760. The third-order valence-corrected chi connectivity index (χ3v) is 9.69. The van der Waals surface area contributed by atoms with Crippen LogP contribution in [0.15, 0.2) is 179 Å². The van der Waals surface area contributed by atoms with Crippen molar-refractivity contribution in [3.05, 3.63) is 170 Å². The molecule has 0 bridgehead atoms. The minimum Gasteiger partial charge on any atom is -0.456 e. The summed E-state index contributed by atoms with van der Waals surface area (Å²) >= 11 is 0. The van der Waals surface area contributed by atoms with Crippen LogP contribution in [0.3, 0.4) is 0 Å². The highest BCUT2D eigenvalue weighted by Crippen LogP contribution is 2.50. The van der Waals surface area contributed by atoms with Gasteiger partial charge in [0.15, 0.2) is 0 Å². The summed E-state index contributed by atoms with van der Waals surface area (Å²) in [5.74, 6) is 0.839. The van der Waals surface area contributed by atoms with E-state index >= 15 is 0 Å². The summed E-state index contributed by atoms with van der Waals surface area (Å²) in [5, 5.41) is 7.93. The molecule has 0 aliphatic heterocycles. The van der Waals surface area contributed by atoms with E-state index in [0.717, 1.165) is 49.8 Å². The molecule has 48 heavy (non-hydrogen) atoms. The Morgan fingerprint density at radius 2 is 0.812 bits per heavy atom. The first kappa shape index (κ1) is 26.8. The number of para-hydroxylation sites is 1. The minimum absolute atomic E-state index is 0.819. The molecule has 0 saturated heterocycles. The Morgan fingerprint density at radius 1 is 0.312 bits per heavy atom. The van der Waals surface area contributed by atoms with Crippen LogP contribution in [0.1, 0.15) is 0 Å². The van der Waals surface area contributed by atoms with Gasteiger partial charge < -0.3 is 8.83 Å². The molecule has 10 aromatic rings. The van der Waals surface area contributed by atoms with Gasteiger partial charge in [-0.3, -0.25) is 0 Å². The molecule has 224 valence electrons. The van der Waals surface area contributed by atoms with Crippen molar-refractivity contribution in [2.75, 3.05) is 0 Å². The summed E-state index contributed by atoms with van der Waals surface area (Å²) in [6.07, 6.45) is 0. The van der Waals surface area contributed by atoms with Crippen LogP contribution < -0.4 is 0 Å². The number of hydrogen-bond donors (Lipinski definition) is 0. The second-order valence-electron chi connectivity index (χ2n) is 12.4. The van der Waals surface area contributed by atoms with Gasteiger partial charge in [0.1, 0.15) is 22.5 Å². The molecule has 0 aliphatic carbocycles. The van der Waals surface area contributed by atoms with Gasteiger partial charge in [-0.15, -0.1) is 0 Å². The molecule has 10 rings (SSSR count). The zero-order chi connectivity index (χ0) is 31.6. The van der Waals surface area contributed by atoms with E-state index in [4.69, 9.17) is 8.83 Å². The van der Waals surface area contributed by atoms with Crippen LogP contribution in [0, 0.1) is 0 Å². The second-order valence-corrected chi connectivity index (χ2v) is 12.4. The van der Waals surface area contributed by atoms with E-state index in [9.17, 15) is 0 Å². The van der Waals surface area contributed by atoms with Gasteiger partial charge in [-0.05, 0) is 73.1 Å². The van der Waals surface area contributed by atoms with E-state index in [0.29, 0.717) is 0 Å². The third kappa shape index (κ3) is 4.00. The summed E-state index contributed by atoms with van der Waals surface area (Å²) in [5.41, 5.74) is 10.7.